The van der Waals surface area contributed by atoms with Gasteiger partial charge in [-0.2, -0.15) is 0 Å². The van der Waals surface area contributed by atoms with Gasteiger partial charge in [0.2, 0.25) is 5.91 Å². The average Bonchev–Trinajstić information content (AvgIpc) is 3.21. The zero-order valence-corrected chi connectivity index (χ0v) is 21.2. The summed E-state index contributed by atoms with van der Waals surface area (Å²) in [5, 5.41) is 1.63. The van der Waals surface area contributed by atoms with Gasteiger partial charge in [-0.05, 0) is 36.3 Å². The van der Waals surface area contributed by atoms with Gasteiger partial charge in [0.25, 0.3) is 5.56 Å². The van der Waals surface area contributed by atoms with Gasteiger partial charge in [0, 0.05) is 29.7 Å². The van der Waals surface area contributed by atoms with Crippen LogP contribution in [-0.4, -0.2) is 39.2 Å². The van der Waals surface area contributed by atoms with Gasteiger partial charge in [0.05, 0.1) is 11.3 Å². The van der Waals surface area contributed by atoms with Crippen molar-refractivity contribution in [2.24, 2.45) is 11.8 Å². The summed E-state index contributed by atoms with van der Waals surface area (Å²) in [5.41, 5.74) is 1.91. The maximum Gasteiger partial charge on any atom is 0.272 e. The van der Waals surface area contributed by atoms with Crippen LogP contribution < -0.4 is 5.56 Å². The smallest absolute Gasteiger partial charge is 0.272 e. The number of fused-ring (bicyclic) bond motifs is 3. The van der Waals surface area contributed by atoms with Gasteiger partial charge in [0.15, 0.2) is 5.16 Å². The Bertz CT molecular complexity index is 1370. The highest BCUT2D eigenvalue weighted by molar-refractivity contribution is 7.99. The zero-order valence-electron chi connectivity index (χ0n) is 19.6. The van der Waals surface area contributed by atoms with E-state index in [4.69, 9.17) is 4.98 Å². The number of amides is 1. The molecule has 1 fully saturated rings. The molecule has 1 saturated heterocycles. The summed E-state index contributed by atoms with van der Waals surface area (Å²) in [6, 6.07) is 18.2. The van der Waals surface area contributed by atoms with Crippen molar-refractivity contribution in [1.29, 1.82) is 0 Å². The molecule has 34 heavy (non-hydrogen) atoms. The van der Waals surface area contributed by atoms with E-state index < -0.39 is 0 Å². The average molecular weight is 492 g/mol. The molecule has 0 radical (unpaired) electrons. The van der Waals surface area contributed by atoms with Crippen molar-refractivity contribution in [2.75, 3.05) is 18.8 Å². The lowest BCUT2D eigenvalue weighted by atomic mass is 9.92. The number of rotatable bonds is 6. The van der Waals surface area contributed by atoms with Crippen molar-refractivity contribution in [3.05, 3.63) is 70.5 Å². The molecule has 7 heteroatoms. The summed E-state index contributed by atoms with van der Waals surface area (Å²) >= 11 is 2.89. The maximum absolute atomic E-state index is 13.6. The minimum absolute atomic E-state index is 0.0164. The van der Waals surface area contributed by atoms with Crippen LogP contribution in [-0.2, 0) is 17.8 Å². The Morgan fingerprint density at radius 1 is 1.06 bits per heavy atom. The minimum atomic E-state index is -0.0164. The summed E-state index contributed by atoms with van der Waals surface area (Å²) < 4.78 is 3.51. The van der Waals surface area contributed by atoms with Gasteiger partial charge < -0.3 is 4.90 Å². The fourth-order valence-electron chi connectivity index (χ4n) is 4.93. The number of likely N-dealkylation sites (tertiary alicyclic amines) is 1. The second kappa shape index (κ2) is 9.92. The normalized spacial score (nSPS) is 18.6. The Morgan fingerprint density at radius 3 is 2.53 bits per heavy atom. The molecule has 0 bridgehead atoms. The highest BCUT2D eigenvalue weighted by atomic mass is 32.2. The number of benzene rings is 2. The molecule has 5 nitrogen and oxygen atoms in total. The Balaban J connectivity index is 1.47. The van der Waals surface area contributed by atoms with Crippen molar-refractivity contribution in [3.8, 4) is 0 Å². The van der Waals surface area contributed by atoms with E-state index in [0.717, 1.165) is 35.1 Å². The number of aromatic nitrogens is 2. The minimum Gasteiger partial charge on any atom is -0.341 e. The molecular formula is C27H29N3O2S2. The number of aryl methyl sites for hydroxylation is 1. The van der Waals surface area contributed by atoms with E-state index in [2.05, 4.69) is 26.0 Å². The van der Waals surface area contributed by atoms with Gasteiger partial charge in [-0.3, -0.25) is 14.2 Å². The summed E-state index contributed by atoms with van der Waals surface area (Å²) in [4.78, 5) is 33.6. The highest BCUT2D eigenvalue weighted by Crippen LogP contribution is 2.32. The van der Waals surface area contributed by atoms with Crippen molar-refractivity contribution in [1.82, 2.24) is 14.5 Å². The molecule has 0 aliphatic carbocycles. The second-order valence-corrected chi connectivity index (χ2v) is 11.4. The van der Waals surface area contributed by atoms with Crippen LogP contribution in [0, 0.1) is 11.8 Å². The van der Waals surface area contributed by atoms with Crippen molar-refractivity contribution < 1.29 is 4.79 Å². The number of carbonyl (C=O) groups is 1. The molecule has 2 atom stereocenters. The number of thiophene rings is 1. The Hall–Kier alpha value is -2.64. The number of thioether (sulfide) groups is 1. The molecule has 3 heterocycles. The van der Waals surface area contributed by atoms with Crippen LogP contribution in [0.1, 0.15) is 25.8 Å². The fourth-order valence-corrected chi connectivity index (χ4v) is 6.94. The Labute approximate surface area is 207 Å². The lowest BCUT2D eigenvalue weighted by molar-refractivity contribution is -0.130. The first-order valence-corrected chi connectivity index (χ1v) is 13.7. The third-order valence-corrected chi connectivity index (χ3v) is 8.57. The van der Waals surface area contributed by atoms with E-state index in [-0.39, 0.29) is 11.5 Å². The first-order valence-electron chi connectivity index (χ1n) is 11.9. The van der Waals surface area contributed by atoms with E-state index in [1.807, 2.05) is 47.4 Å². The summed E-state index contributed by atoms with van der Waals surface area (Å²) in [7, 11) is 0. The third-order valence-electron chi connectivity index (χ3n) is 6.46. The lowest BCUT2D eigenvalue weighted by Crippen LogP contribution is -2.43. The van der Waals surface area contributed by atoms with E-state index >= 15 is 0 Å². The molecule has 0 N–H and O–H groups in total. The van der Waals surface area contributed by atoms with Gasteiger partial charge >= 0.3 is 0 Å². The molecule has 5 rings (SSSR count). The second-order valence-electron chi connectivity index (χ2n) is 9.40. The quantitative estimate of drug-likeness (QED) is 0.266. The van der Waals surface area contributed by atoms with Gasteiger partial charge in [-0.15, -0.1) is 11.3 Å². The summed E-state index contributed by atoms with van der Waals surface area (Å²) in [5.74, 6) is 1.47. The molecule has 1 amide bonds. The number of hydrogen-bond donors (Lipinski definition) is 0. The van der Waals surface area contributed by atoms with Crippen LogP contribution in [0.25, 0.3) is 20.3 Å². The van der Waals surface area contributed by atoms with Crippen LogP contribution in [0.2, 0.25) is 0 Å². The van der Waals surface area contributed by atoms with E-state index in [0.29, 0.717) is 34.0 Å². The van der Waals surface area contributed by atoms with E-state index in [9.17, 15) is 9.59 Å². The molecule has 1 aliphatic rings. The summed E-state index contributed by atoms with van der Waals surface area (Å²) in [6.45, 7) is 6.58. The van der Waals surface area contributed by atoms with Crippen LogP contribution in [0.5, 0.6) is 0 Å². The Morgan fingerprint density at radius 2 is 1.76 bits per heavy atom. The molecule has 2 aromatic carbocycles. The first kappa shape index (κ1) is 23.1. The number of hydrogen-bond acceptors (Lipinski definition) is 5. The SMILES string of the molecule is CC1CC(C)CN(C(=O)CSc2nc3c(sc4ccccc43)c(=O)n2CCc2ccccc2)C1. The van der Waals surface area contributed by atoms with Crippen molar-refractivity contribution in [3.63, 3.8) is 0 Å². The van der Waals surface area contributed by atoms with Crippen molar-refractivity contribution >= 4 is 49.3 Å². The molecular weight excluding hydrogens is 462 g/mol. The largest absolute Gasteiger partial charge is 0.341 e. The topological polar surface area (TPSA) is 55.2 Å². The standard InChI is InChI=1S/C27H29N3O2S2/c1-18-14-19(2)16-29(15-18)23(31)17-33-27-28-24-21-10-6-7-11-22(21)34-25(24)26(32)30(27)13-12-20-8-4-3-5-9-20/h3-11,18-19H,12-17H2,1-2H3. The van der Waals surface area contributed by atoms with Gasteiger partial charge in [-0.1, -0.05) is 74.1 Å². The highest BCUT2D eigenvalue weighted by Gasteiger charge is 2.26. The Kier molecular flexibility index (Phi) is 6.75. The predicted molar refractivity (Wildman–Crippen MR) is 142 cm³/mol. The van der Waals surface area contributed by atoms with Crippen LogP contribution in [0.4, 0.5) is 0 Å². The lowest BCUT2D eigenvalue weighted by Gasteiger charge is -2.35. The molecule has 4 aromatic rings. The monoisotopic (exact) mass is 491 g/mol. The molecule has 176 valence electrons. The maximum atomic E-state index is 13.6. The summed E-state index contributed by atoms with van der Waals surface area (Å²) in [6.07, 6.45) is 1.90. The van der Waals surface area contributed by atoms with Crippen LogP contribution in [0.3, 0.4) is 0 Å². The van der Waals surface area contributed by atoms with E-state index in [1.54, 1.807) is 4.57 Å². The number of piperidine rings is 1. The first-order chi connectivity index (χ1) is 16.5. The predicted octanol–water partition coefficient (Wildman–Crippen LogP) is 5.45. The number of carbonyl (C=O) groups excluding carboxylic acids is 1. The molecule has 2 aromatic heterocycles. The number of nitrogens with zero attached hydrogens (tertiary/aromatic N) is 3. The van der Waals surface area contributed by atoms with Crippen LogP contribution in [0.15, 0.2) is 64.5 Å². The van der Waals surface area contributed by atoms with Gasteiger partial charge in [0.1, 0.15) is 4.70 Å². The van der Waals surface area contributed by atoms with Crippen LogP contribution >= 0.6 is 23.1 Å². The van der Waals surface area contributed by atoms with E-state index in [1.165, 1.54) is 35.1 Å². The molecule has 1 aliphatic heterocycles. The molecule has 2 unspecified atom stereocenters. The third kappa shape index (κ3) is 4.77. The fraction of sp³-hybridized carbons (Fsp3) is 0.370. The van der Waals surface area contributed by atoms with Gasteiger partial charge in [-0.25, -0.2) is 4.98 Å². The molecule has 0 saturated carbocycles. The van der Waals surface area contributed by atoms with Crippen molar-refractivity contribution in [2.45, 2.75) is 38.4 Å². The zero-order chi connectivity index (χ0) is 23.7. The molecule has 0 spiro atoms.